The third-order valence-corrected chi connectivity index (χ3v) is 9.90. The molecule has 8 rings (SSSR count). The summed E-state index contributed by atoms with van der Waals surface area (Å²) in [6.07, 6.45) is 0. The number of nitro groups is 1. The van der Waals surface area contributed by atoms with Crippen molar-refractivity contribution in [3.05, 3.63) is 178 Å². The van der Waals surface area contributed by atoms with E-state index in [9.17, 15) is 19.7 Å². The van der Waals surface area contributed by atoms with Crippen molar-refractivity contribution < 1.29 is 19.3 Å². The molecular weight excluding hydrogens is 576 g/mol. The number of nitrogens with zero attached hydrogens (tertiary/aromatic N) is 2. The van der Waals surface area contributed by atoms with Crippen LogP contribution in [0.2, 0.25) is 0 Å². The third kappa shape index (κ3) is 3.34. The van der Waals surface area contributed by atoms with Gasteiger partial charge in [-0.2, -0.15) is 0 Å². The van der Waals surface area contributed by atoms with Gasteiger partial charge in [-0.15, -0.1) is 0 Å². The van der Waals surface area contributed by atoms with E-state index in [1.54, 1.807) is 6.07 Å². The number of Topliss-reactive ketones (excluding diaryl/α,β-unsaturated/α-hetero) is 1. The molecule has 1 heterocycles. The predicted molar refractivity (Wildman–Crippen MR) is 174 cm³/mol. The van der Waals surface area contributed by atoms with Crippen LogP contribution in [-0.2, 0) is 25.2 Å². The molecule has 3 aliphatic rings. The van der Waals surface area contributed by atoms with Crippen molar-refractivity contribution in [2.24, 2.45) is 11.8 Å². The Morgan fingerprint density at radius 3 is 1.30 bits per heavy atom. The Hall–Kier alpha value is -5.95. The van der Waals surface area contributed by atoms with Crippen LogP contribution in [0.3, 0.4) is 0 Å². The van der Waals surface area contributed by atoms with E-state index in [2.05, 4.69) is 0 Å². The SMILES string of the molecule is O=C1[C@H]2[C@H](C(=O)N1c1ccccc1[N+](=O)[O-])[C@@]1(c3ccccc3)C(=O)[C@@]2(c2ccccc2)C(c2ccccc2)=C1c1ccccc1. The molecule has 222 valence electrons. The maximum absolute atomic E-state index is 15.8. The molecule has 2 aliphatic carbocycles. The monoisotopic (exact) mass is 602 g/mol. The highest BCUT2D eigenvalue weighted by molar-refractivity contribution is 6.39. The van der Waals surface area contributed by atoms with E-state index in [0.29, 0.717) is 22.3 Å². The minimum Gasteiger partial charge on any atom is -0.297 e. The van der Waals surface area contributed by atoms with Crippen molar-refractivity contribution in [2.75, 3.05) is 4.90 Å². The van der Waals surface area contributed by atoms with Crippen LogP contribution in [0.5, 0.6) is 0 Å². The first-order valence-corrected chi connectivity index (χ1v) is 15.1. The summed E-state index contributed by atoms with van der Waals surface area (Å²) in [7, 11) is 0. The quantitative estimate of drug-likeness (QED) is 0.121. The lowest BCUT2D eigenvalue weighted by Gasteiger charge is -2.39. The second kappa shape index (κ2) is 10.0. The van der Waals surface area contributed by atoms with E-state index in [-0.39, 0.29) is 17.2 Å². The summed E-state index contributed by atoms with van der Waals surface area (Å²) in [5, 5.41) is 12.2. The molecule has 1 saturated heterocycles. The van der Waals surface area contributed by atoms with Gasteiger partial charge in [0.1, 0.15) is 5.69 Å². The topological polar surface area (TPSA) is 97.6 Å². The van der Waals surface area contributed by atoms with Crippen molar-refractivity contribution in [3.63, 3.8) is 0 Å². The highest BCUT2D eigenvalue weighted by atomic mass is 16.6. The Morgan fingerprint density at radius 1 is 0.522 bits per heavy atom. The number of ketones is 1. The van der Waals surface area contributed by atoms with Crippen LogP contribution < -0.4 is 4.90 Å². The summed E-state index contributed by atoms with van der Waals surface area (Å²) in [6, 6.07) is 43.3. The number of imide groups is 1. The number of hydrogen-bond donors (Lipinski definition) is 0. The van der Waals surface area contributed by atoms with Crippen LogP contribution in [-0.4, -0.2) is 22.5 Å². The first-order chi connectivity index (χ1) is 22.4. The van der Waals surface area contributed by atoms with E-state index >= 15 is 4.79 Å². The van der Waals surface area contributed by atoms with Crippen molar-refractivity contribution >= 4 is 40.1 Å². The number of carbonyl (C=O) groups is 3. The molecule has 2 amide bonds. The van der Waals surface area contributed by atoms with Gasteiger partial charge in [0.05, 0.1) is 27.6 Å². The molecule has 2 fully saturated rings. The smallest absolute Gasteiger partial charge is 0.293 e. The average Bonchev–Trinajstić information content (AvgIpc) is 3.61. The number of para-hydroxylation sites is 2. The minimum atomic E-state index is -1.57. The Balaban J connectivity index is 1.55. The van der Waals surface area contributed by atoms with E-state index in [1.165, 1.54) is 18.2 Å². The lowest BCUT2D eigenvalue weighted by atomic mass is 9.59. The fraction of sp³-hybridized carbons (Fsp3) is 0.103. The van der Waals surface area contributed by atoms with Gasteiger partial charge in [0.15, 0.2) is 5.78 Å². The van der Waals surface area contributed by atoms with Crippen LogP contribution in [0.15, 0.2) is 146 Å². The fourth-order valence-electron chi connectivity index (χ4n) is 8.38. The largest absolute Gasteiger partial charge is 0.297 e. The Labute approximate surface area is 264 Å². The lowest BCUT2D eigenvalue weighted by Crippen LogP contribution is -2.45. The maximum atomic E-state index is 15.8. The van der Waals surface area contributed by atoms with Gasteiger partial charge in [0.25, 0.3) is 5.69 Å². The number of carbonyl (C=O) groups excluding carboxylic acids is 3. The number of allylic oxidation sites excluding steroid dienone is 2. The predicted octanol–water partition coefficient (Wildman–Crippen LogP) is 6.78. The molecule has 0 radical (unpaired) electrons. The second-order valence-electron chi connectivity index (χ2n) is 11.9. The molecule has 0 spiro atoms. The molecular formula is C39H26N2O5. The van der Waals surface area contributed by atoms with Crippen LogP contribution in [0.25, 0.3) is 11.1 Å². The maximum Gasteiger partial charge on any atom is 0.293 e. The van der Waals surface area contributed by atoms with Gasteiger partial charge in [-0.1, -0.05) is 133 Å². The molecule has 46 heavy (non-hydrogen) atoms. The van der Waals surface area contributed by atoms with Crippen molar-refractivity contribution in [1.29, 1.82) is 0 Å². The third-order valence-electron chi connectivity index (χ3n) is 9.90. The summed E-state index contributed by atoms with van der Waals surface area (Å²) in [4.78, 5) is 58.3. The number of benzene rings is 5. The lowest BCUT2D eigenvalue weighted by molar-refractivity contribution is -0.384. The molecule has 7 nitrogen and oxygen atoms in total. The van der Waals surface area contributed by atoms with Gasteiger partial charge in [-0.25, -0.2) is 4.90 Å². The molecule has 0 N–H and O–H groups in total. The molecule has 4 atom stereocenters. The molecule has 2 bridgehead atoms. The molecule has 1 saturated carbocycles. The zero-order chi connectivity index (χ0) is 31.6. The summed E-state index contributed by atoms with van der Waals surface area (Å²) in [6.45, 7) is 0. The zero-order valence-electron chi connectivity index (χ0n) is 24.4. The van der Waals surface area contributed by atoms with Crippen LogP contribution >= 0.6 is 0 Å². The van der Waals surface area contributed by atoms with Gasteiger partial charge >= 0.3 is 0 Å². The van der Waals surface area contributed by atoms with Gasteiger partial charge < -0.3 is 0 Å². The number of amides is 2. The molecule has 0 unspecified atom stereocenters. The van der Waals surface area contributed by atoms with Crippen molar-refractivity contribution in [3.8, 4) is 0 Å². The van der Waals surface area contributed by atoms with Crippen molar-refractivity contribution in [1.82, 2.24) is 0 Å². The van der Waals surface area contributed by atoms with Crippen LogP contribution in [0.4, 0.5) is 11.4 Å². The first-order valence-electron chi connectivity index (χ1n) is 15.1. The van der Waals surface area contributed by atoms with E-state index in [1.807, 2.05) is 121 Å². The van der Waals surface area contributed by atoms with Crippen LogP contribution in [0.1, 0.15) is 22.3 Å². The number of anilines is 1. The van der Waals surface area contributed by atoms with E-state index in [0.717, 1.165) is 16.0 Å². The standard InChI is InChI=1S/C39H26N2O5/c42-35-33-34(36(43)40(35)29-23-13-14-24-30(29)41(45)46)39(28-21-11-4-12-22-28)32(26-17-7-2-8-18-26)31(25-15-5-1-6-16-25)38(33,37(39)44)27-19-9-3-10-20-27/h1-24,33-34H/t33-,34-,38+,39+/m1/s1. The Bertz CT molecular complexity index is 1980. The van der Waals surface area contributed by atoms with E-state index in [4.69, 9.17) is 0 Å². The summed E-state index contributed by atoms with van der Waals surface area (Å²) in [5.74, 6) is -3.80. The number of rotatable bonds is 6. The zero-order valence-corrected chi connectivity index (χ0v) is 24.4. The average molecular weight is 603 g/mol. The molecule has 0 aromatic heterocycles. The number of nitro benzene ring substituents is 1. The van der Waals surface area contributed by atoms with Gasteiger partial charge in [0.2, 0.25) is 11.8 Å². The minimum absolute atomic E-state index is 0.0994. The van der Waals surface area contributed by atoms with Gasteiger partial charge in [-0.05, 0) is 39.5 Å². The highest BCUT2D eigenvalue weighted by Gasteiger charge is 2.83. The number of fused-ring (bicyclic) bond motifs is 5. The summed E-state index contributed by atoms with van der Waals surface area (Å²) >= 11 is 0. The molecule has 1 aliphatic heterocycles. The fourth-order valence-corrected chi connectivity index (χ4v) is 8.38. The number of hydrogen-bond acceptors (Lipinski definition) is 5. The summed E-state index contributed by atoms with van der Waals surface area (Å²) < 4.78 is 0. The molecule has 7 heteroatoms. The van der Waals surface area contributed by atoms with Gasteiger partial charge in [0, 0.05) is 6.07 Å². The van der Waals surface area contributed by atoms with Crippen molar-refractivity contribution in [2.45, 2.75) is 10.8 Å². The second-order valence-corrected chi connectivity index (χ2v) is 11.9. The molecule has 5 aromatic rings. The highest BCUT2D eigenvalue weighted by Crippen LogP contribution is 2.74. The molecule has 5 aromatic carbocycles. The van der Waals surface area contributed by atoms with E-state index < -0.39 is 39.4 Å². The first kappa shape index (κ1) is 27.6. The van der Waals surface area contributed by atoms with Gasteiger partial charge in [-0.3, -0.25) is 24.5 Å². The summed E-state index contributed by atoms with van der Waals surface area (Å²) in [5.41, 5.74) is 0.475. The normalized spacial score (nSPS) is 24.9. The Morgan fingerprint density at radius 2 is 0.891 bits per heavy atom. The Kier molecular flexibility index (Phi) is 6.02. The van der Waals surface area contributed by atoms with Crippen LogP contribution in [0, 0.1) is 22.0 Å².